The van der Waals surface area contributed by atoms with Crippen molar-refractivity contribution in [2.24, 2.45) is 0 Å². The minimum atomic E-state index is -0.510. The predicted octanol–water partition coefficient (Wildman–Crippen LogP) is 4.72. The second kappa shape index (κ2) is 9.21. The van der Waals surface area contributed by atoms with E-state index in [0.717, 1.165) is 5.69 Å². The van der Waals surface area contributed by atoms with E-state index in [4.69, 9.17) is 4.42 Å². The molecule has 5 aromatic rings. The number of nitrogens with zero attached hydrogens (tertiary/aromatic N) is 3. The quantitative estimate of drug-likeness (QED) is 0.340. The summed E-state index contributed by atoms with van der Waals surface area (Å²) in [7, 11) is 0. The highest BCUT2D eigenvalue weighted by Crippen LogP contribution is 2.21. The van der Waals surface area contributed by atoms with Crippen molar-refractivity contribution in [3.8, 4) is 0 Å². The molecule has 166 valence electrons. The van der Waals surface area contributed by atoms with Gasteiger partial charge in [0.15, 0.2) is 11.2 Å². The Bertz CT molecular complexity index is 1520. The fraction of sp³-hybridized carbons (Fsp3) is 0. The maximum atomic E-state index is 12.6. The van der Waals surface area contributed by atoms with E-state index in [2.05, 4.69) is 30.9 Å². The highest BCUT2D eigenvalue weighted by Gasteiger charge is 2.12. The summed E-state index contributed by atoms with van der Waals surface area (Å²) in [6, 6.07) is 22.3. The molecular weight excluding hydrogens is 432 g/mol. The van der Waals surface area contributed by atoms with Crippen molar-refractivity contribution in [1.29, 1.82) is 0 Å². The Kier molecular flexibility index (Phi) is 5.64. The van der Waals surface area contributed by atoms with E-state index < -0.39 is 5.91 Å². The average molecular weight is 450 g/mol. The molecule has 9 heteroatoms. The number of pyridine rings is 1. The normalized spacial score (nSPS) is 10.6. The average Bonchev–Trinajstić information content (AvgIpc) is 2.86. The molecule has 0 bridgehead atoms. The predicted molar refractivity (Wildman–Crippen MR) is 130 cm³/mol. The van der Waals surface area contributed by atoms with E-state index in [9.17, 15) is 9.59 Å². The van der Waals surface area contributed by atoms with Crippen LogP contribution in [-0.2, 0) is 0 Å². The Labute approximate surface area is 193 Å². The Balaban J connectivity index is 1.26. The van der Waals surface area contributed by atoms with Gasteiger partial charge in [-0.1, -0.05) is 18.2 Å². The molecule has 1 amide bonds. The van der Waals surface area contributed by atoms with Gasteiger partial charge in [0.25, 0.3) is 5.91 Å². The molecule has 2 aromatic carbocycles. The highest BCUT2D eigenvalue weighted by atomic mass is 16.3. The number of amides is 1. The number of rotatable bonds is 6. The monoisotopic (exact) mass is 450 g/mol. The number of benzene rings is 2. The second-order valence-corrected chi connectivity index (χ2v) is 7.26. The van der Waals surface area contributed by atoms with E-state index in [1.165, 1.54) is 12.4 Å². The van der Waals surface area contributed by atoms with Gasteiger partial charge < -0.3 is 20.4 Å². The SMILES string of the molecule is O=C(Nc1ccc(Nc2cc(Nc3ccccn3)ncn2)cc1)c1cc(=O)c2ccccc2o1. The molecule has 0 aliphatic heterocycles. The van der Waals surface area contributed by atoms with Crippen molar-refractivity contribution >= 4 is 45.7 Å². The Morgan fingerprint density at radius 1 is 0.735 bits per heavy atom. The number of para-hydroxylation sites is 1. The fourth-order valence-electron chi connectivity index (χ4n) is 3.26. The summed E-state index contributed by atoms with van der Waals surface area (Å²) in [4.78, 5) is 37.5. The Morgan fingerprint density at radius 3 is 2.26 bits per heavy atom. The topological polar surface area (TPSA) is 122 Å². The zero-order valence-electron chi connectivity index (χ0n) is 17.7. The van der Waals surface area contributed by atoms with Crippen LogP contribution in [0.3, 0.4) is 0 Å². The number of fused-ring (bicyclic) bond motifs is 1. The molecule has 0 saturated heterocycles. The first-order valence-corrected chi connectivity index (χ1v) is 10.4. The summed E-state index contributed by atoms with van der Waals surface area (Å²) in [5.74, 6) is 1.29. The van der Waals surface area contributed by atoms with Crippen LogP contribution in [0, 0.1) is 0 Å². The van der Waals surface area contributed by atoms with Crippen LogP contribution in [0.15, 0.2) is 101 Å². The standard InChI is InChI=1S/C25H18N6O3/c32-19-13-21(34-20-6-2-1-5-18(19)20)25(33)30-17-10-8-16(9-11-17)29-23-14-24(28-15-27-23)31-22-7-3-4-12-26-22/h1-15H,(H,30,33)(H2,26,27,28,29,31). The van der Waals surface area contributed by atoms with Gasteiger partial charge in [0.05, 0.1) is 5.39 Å². The maximum Gasteiger partial charge on any atom is 0.291 e. The zero-order valence-corrected chi connectivity index (χ0v) is 17.7. The number of aromatic nitrogens is 3. The van der Waals surface area contributed by atoms with Crippen molar-refractivity contribution in [2.45, 2.75) is 0 Å². The summed E-state index contributed by atoms with van der Waals surface area (Å²) in [5.41, 5.74) is 1.40. The lowest BCUT2D eigenvalue weighted by atomic mass is 10.2. The molecule has 34 heavy (non-hydrogen) atoms. The van der Waals surface area contributed by atoms with Gasteiger partial charge in [-0.25, -0.2) is 15.0 Å². The van der Waals surface area contributed by atoms with E-state index >= 15 is 0 Å². The van der Waals surface area contributed by atoms with E-state index in [-0.39, 0.29) is 11.2 Å². The number of carbonyl (C=O) groups excluding carboxylic acids is 1. The van der Waals surface area contributed by atoms with Gasteiger partial charge in [-0.2, -0.15) is 0 Å². The minimum Gasteiger partial charge on any atom is -0.451 e. The van der Waals surface area contributed by atoms with Crippen LogP contribution in [-0.4, -0.2) is 20.9 Å². The third-order valence-electron chi connectivity index (χ3n) is 4.86. The maximum absolute atomic E-state index is 12.6. The van der Waals surface area contributed by atoms with Crippen LogP contribution >= 0.6 is 0 Å². The molecule has 5 rings (SSSR count). The van der Waals surface area contributed by atoms with Gasteiger partial charge in [-0.15, -0.1) is 0 Å². The van der Waals surface area contributed by atoms with Crippen LogP contribution in [0.4, 0.5) is 28.8 Å². The number of anilines is 5. The smallest absolute Gasteiger partial charge is 0.291 e. The zero-order chi connectivity index (χ0) is 23.3. The first-order chi connectivity index (χ1) is 16.6. The molecule has 0 saturated carbocycles. The molecule has 0 fully saturated rings. The van der Waals surface area contributed by atoms with E-state index in [0.29, 0.717) is 34.1 Å². The van der Waals surface area contributed by atoms with Gasteiger partial charge in [-0.3, -0.25) is 9.59 Å². The van der Waals surface area contributed by atoms with Crippen LogP contribution < -0.4 is 21.4 Å². The first kappa shape index (κ1) is 20.8. The lowest BCUT2D eigenvalue weighted by Crippen LogP contribution is -2.14. The molecule has 0 unspecified atom stereocenters. The van der Waals surface area contributed by atoms with Crippen LogP contribution in [0.2, 0.25) is 0 Å². The van der Waals surface area contributed by atoms with Gasteiger partial charge in [0.2, 0.25) is 0 Å². The molecule has 0 radical (unpaired) electrons. The van der Waals surface area contributed by atoms with Crippen molar-refractivity contribution in [1.82, 2.24) is 15.0 Å². The van der Waals surface area contributed by atoms with E-state index in [1.54, 1.807) is 60.8 Å². The van der Waals surface area contributed by atoms with E-state index in [1.807, 2.05) is 18.2 Å². The molecular formula is C25H18N6O3. The number of hydrogen-bond acceptors (Lipinski definition) is 8. The molecule has 3 heterocycles. The third kappa shape index (κ3) is 4.73. The second-order valence-electron chi connectivity index (χ2n) is 7.26. The van der Waals surface area contributed by atoms with Gasteiger partial charge in [0.1, 0.15) is 29.4 Å². The first-order valence-electron chi connectivity index (χ1n) is 10.4. The molecule has 0 atom stereocenters. The Morgan fingerprint density at radius 2 is 1.47 bits per heavy atom. The summed E-state index contributed by atoms with van der Waals surface area (Å²) in [6.45, 7) is 0. The van der Waals surface area contributed by atoms with Crippen molar-refractivity contribution in [3.05, 3.63) is 107 Å². The summed E-state index contributed by atoms with van der Waals surface area (Å²) < 4.78 is 5.58. The van der Waals surface area contributed by atoms with Crippen LogP contribution in [0.1, 0.15) is 10.6 Å². The molecule has 0 aliphatic rings. The van der Waals surface area contributed by atoms with Crippen LogP contribution in [0.25, 0.3) is 11.0 Å². The number of nitrogens with one attached hydrogen (secondary N) is 3. The molecule has 3 aromatic heterocycles. The Hall–Kier alpha value is -5.05. The summed E-state index contributed by atoms with van der Waals surface area (Å²) in [5, 5.41) is 9.46. The molecule has 0 aliphatic carbocycles. The number of carbonyl (C=O) groups is 1. The summed E-state index contributed by atoms with van der Waals surface area (Å²) in [6.07, 6.45) is 3.14. The largest absolute Gasteiger partial charge is 0.451 e. The van der Waals surface area contributed by atoms with Gasteiger partial charge in [-0.05, 0) is 48.5 Å². The fourth-order valence-corrected chi connectivity index (χ4v) is 3.26. The highest BCUT2D eigenvalue weighted by molar-refractivity contribution is 6.03. The van der Waals surface area contributed by atoms with Crippen LogP contribution in [0.5, 0.6) is 0 Å². The lowest BCUT2D eigenvalue weighted by Gasteiger charge is -2.09. The van der Waals surface area contributed by atoms with Gasteiger partial charge >= 0.3 is 0 Å². The lowest BCUT2D eigenvalue weighted by molar-refractivity contribution is 0.0997. The molecule has 3 N–H and O–H groups in total. The van der Waals surface area contributed by atoms with Gasteiger partial charge in [0, 0.05) is 29.7 Å². The van der Waals surface area contributed by atoms with Crippen molar-refractivity contribution in [2.75, 3.05) is 16.0 Å². The minimum absolute atomic E-state index is 0.0557. The third-order valence-corrected chi connectivity index (χ3v) is 4.86. The molecule has 0 spiro atoms. The molecule has 9 nitrogen and oxygen atoms in total. The number of hydrogen-bond donors (Lipinski definition) is 3. The van der Waals surface area contributed by atoms with Crippen molar-refractivity contribution in [3.63, 3.8) is 0 Å². The van der Waals surface area contributed by atoms with Crippen molar-refractivity contribution < 1.29 is 9.21 Å². The summed E-state index contributed by atoms with van der Waals surface area (Å²) >= 11 is 0.